The zero-order valence-electron chi connectivity index (χ0n) is 16.2. The number of thiocarbonyl (C=S) groups is 1. The molecule has 0 unspecified atom stereocenters. The number of phenols is 1. The van der Waals surface area contributed by atoms with Crippen molar-refractivity contribution >= 4 is 17.3 Å². The van der Waals surface area contributed by atoms with E-state index in [9.17, 15) is 5.11 Å². The molecule has 2 aromatic rings. The van der Waals surface area contributed by atoms with Crippen molar-refractivity contribution in [1.82, 2.24) is 10.6 Å². The van der Waals surface area contributed by atoms with Crippen molar-refractivity contribution in [2.45, 2.75) is 57.7 Å². The molecule has 0 amide bonds. The van der Waals surface area contributed by atoms with Gasteiger partial charge in [-0.3, -0.25) is 0 Å². The van der Waals surface area contributed by atoms with Gasteiger partial charge >= 0.3 is 0 Å². The second-order valence-corrected chi connectivity index (χ2v) is 8.89. The van der Waals surface area contributed by atoms with Gasteiger partial charge in [0.25, 0.3) is 0 Å². The van der Waals surface area contributed by atoms with Gasteiger partial charge in [-0.1, -0.05) is 30.3 Å². The lowest BCUT2D eigenvalue weighted by Crippen LogP contribution is -2.69. The zero-order valence-corrected chi connectivity index (χ0v) is 17.0. The van der Waals surface area contributed by atoms with E-state index in [-0.39, 0.29) is 17.2 Å². The largest absolute Gasteiger partial charge is 0.508 e. The van der Waals surface area contributed by atoms with Crippen molar-refractivity contribution in [3.05, 3.63) is 58.7 Å². The Morgan fingerprint density at radius 1 is 1.07 bits per heavy atom. The van der Waals surface area contributed by atoms with Crippen molar-refractivity contribution in [2.24, 2.45) is 0 Å². The van der Waals surface area contributed by atoms with Gasteiger partial charge in [0.1, 0.15) is 11.5 Å². The molecule has 4 nitrogen and oxygen atoms in total. The smallest absolute Gasteiger partial charge is 0.185 e. The standard InChI is InChI=1S/C22H26N2O2S/c1-13-7-5-6-8-15(13)17-11-22(12-21(3,4)23-20(27)24-22)26-19-14(2)18(25)10-9-16(17)19/h5-10,17,25H,11-12H2,1-4H3,(H2,23,24,27)/t17-,22+/m0/s1. The summed E-state index contributed by atoms with van der Waals surface area (Å²) in [7, 11) is 0. The van der Waals surface area contributed by atoms with Crippen molar-refractivity contribution in [3.63, 3.8) is 0 Å². The van der Waals surface area contributed by atoms with Crippen LogP contribution in [0.1, 0.15) is 54.9 Å². The van der Waals surface area contributed by atoms with E-state index >= 15 is 0 Å². The number of phenolic OH excluding ortho intramolecular Hbond substituents is 1. The summed E-state index contributed by atoms with van der Waals surface area (Å²) < 4.78 is 6.57. The molecule has 2 aromatic carbocycles. The molecular weight excluding hydrogens is 356 g/mol. The van der Waals surface area contributed by atoms with Gasteiger partial charge in [-0.15, -0.1) is 0 Å². The summed E-state index contributed by atoms with van der Waals surface area (Å²) >= 11 is 5.49. The summed E-state index contributed by atoms with van der Waals surface area (Å²) in [6, 6.07) is 12.3. The van der Waals surface area contributed by atoms with E-state index in [1.54, 1.807) is 6.07 Å². The highest BCUT2D eigenvalue weighted by Crippen LogP contribution is 2.49. The van der Waals surface area contributed by atoms with Gasteiger partial charge in [-0.25, -0.2) is 0 Å². The molecule has 0 aliphatic carbocycles. The Kier molecular flexibility index (Phi) is 4.11. The van der Waals surface area contributed by atoms with Crippen LogP contribution < -0.4 is 15.4 Å². The minimum Gasteiger partial charge on any atom is -0.508 e. The number of aryl methyl sites for hydroxylation is 1. The second kappa shape index (κ2) is 6.13. The maximum atomic E-state index is 10.3. The Morgan fingerprint density at radius 2 is 1.81 bits per heavy atom. The topological polar surface area (TPSA) is 53.5 Å². The third-order valence-electron chi connectivity index (χ3n) is 5.70. The first-order chi connectivity index (χ1) is 12.7. The number of ether oxygens (including phenoxy) is 1. The molecule has 1 saturated heterocycles. The van der Waals surface area contributed by atoms with Crippen molar-refractivity contribution in [1.29, 1.82) is 0 Å². The number of nitrogens with one attached hydrogen (secondary N) is 2. The molecule has 2 heterocycles. The predicted molar refractivity (Wildman–Crippen MR) is 111 cm³/mol. The molecule has 0 radical (unpaired) electrons. The van der Waals surface area contributed by atoms with Gasteiger partial charge in [0.15, 0.2) is 10.8 Å². The average Bonchev–Trinajstić information content (AvgIpc) is 2.56. The Hall–Kier alpha value is -2.27. The summed E-state index contributed by atoms with van der Waals surface area (Å²) in [6.45, 7) is 8.33. The van der Waals surface area contributed by atoms with Crippen LogP contribution in [0.5, 0.6) is 11.5 Å². The average molecular weight is 383 g/mol. The molecule has 2 aliphatic heterocycles. The van der Waals surface area contributed by atoms with Gasteiger partial charge in [0.2, 0.25) is 0 Å². The highest BCUT2D eigenvalue weighted by atomic mass is 32.1. The van der Waals surface area contributed by atoms with Gasteiger partial charge in [0.05, 0.1) is 0 Å². The molecule has 4 rings (SSSR count). The minimum atomic E-state index is -0.607. The van der Waals surface area contributed by atoms with Crippen LogP contribution in [-0.4, -0.2) is 21.5 Å². The number of aromatic hydroxyl groups is 1. The molecule has 2 aliphatic rings. The zero-order chi connectivity index (χ0) is 19.4. The number of fused-ring (bicyclic) bond motifs is 1. The summed E-state index contributed by atoms with van der Waals surface area (Å²) in [5.74, 6) is 1.19. The Labute approximate surface area is 165 Å². The minimum absolute atomic E-state index is 0.165. The number of hydrogen-bond donors (Lipinski definition) is 3. The van der Waals surface area contributed by atoms with Crippen LogP contribution in [0.2, 0.25) is 0 Å². The normalized spacial score (nSPS) is 25.9. The Bertz CT molecular complexity index is 925. The molecule has 3 N–H and O–H groups in total. The maximum absolute atomic E-state index is 10.3. The molecule has 1 fully saturated rings. The summed E-state index contributed by atoms with van der Waals surface area (Å²) in [5, 5.41) is 17.6. The molecular formula is C22H26N2O2S. The quantitative estimate of drug-likeness (QED) is 0.643. The molecule has 5 heteroatoms. The van der Waals surface area contributed by atoms with Crippen LogP contribution in [0.15, 0.2) is 36.4 Å². The SMILES string of the molecule is Cc1ccccc1[C@@H]1C[C@]2(CC(C)(C)NC(=S)N2)Oc2c1ccc(O)c2C. The third-order valence-corrected chi connectivity index (χ3v) is 5.90. The molecule has 0 aromatic heterocycles. The van der Waals surface area contributed by atoms with Crippen LogP contribution >= 0.6 is 12.2 Å². The van der Waals surface area contributed by atoms with Crippen molar-refractivity contribution < 1.29 is 9.84 Å². The second-order valence-electron chi connectivity index (χ2n) is 8.48. The summed E-state index contributed by atoms with van der Waals surface area (Å²) in [6.07, 6.45) is 1.54. The van der Waals surface area contributed by atoms with Gasteiger partial charge in [0, 0.05) is 35.4 Å². The monoisotopic (exact) mass is 382 g/mol. The first-order valence-electron chi connectivity index (χ1n) is 9.37. The van der Waals surface area contributed by atoms with Crippen LogP contribution in [0.25, 0.3) is 0 Å². The molecule has 1 spiro atoms. The number of benzene rings is 2. The lowest BCUT2D eigenvalue weighted by atomic mass is 9.76. The number of rotatable bonds is 1. The van der Waals surface area contributed by atoms with E-state index in [1.165, 1.54) is 11.1 Å². The van der Waals surface area contributed by atoms with Crippen LogP contribution in [-0.2, 0) is 0 Å². The maximum Gasteiger partial charge on any atom is 0.185 e. The van der Waals surface area contributed by atoms with E-state index in [2.05, 4.69) is 55.7 Å². The fraction of sp³-hybridized carbons (Fsp3) is 0.409. The van der Waals surface area contributed by atoms with Crippen molar-refractivity contribution in [2.75, 3.05) is 0 Å². The molecule has 0 bridgehead atoms. The lowest BCUT2D eigenvalue weighted by molar-refractivity contribution is -0.0135. The van der Waals surface area contributed by atoms with E-state index in [4.69, 9.17) is 17.0 Å². The van der Waals surface area contributed by atoms with E-state index in [1.807, 2.05) is 13.0 Å². The molecule has 27 heavy (non-hydrogen) atoms. The first-order valence-corrected chi connectivity index (χ1v) is 9.78. The van der Waals surface area contributed by atoms with Gasteiger partial charge in [-0.05, 0) is 57.1 Å². The molecule has 2 atom stereocenters. The van der Waals surface area contributed by atoms with E-state index in [0.29, 0.717) is 5.11 Å². The van der Waals surface area contributed by atoms with E-state index in [0.717, 1.165) is 29.7 Å². The van der Waals surface area contributed by atoms with E-state index < -0.39 is 5.72 Å². The highest BCUT2D eigenvalue weighted by Gasteiger charge is 2.49. The van der Waals surface area contributed by atoms with Gasteiger partial charge in [-0.2, -0.15) is 0 Å². The third kappa shape index (κ3) is 3.14. The lowest BCUT2D eigenvalue weighted by Gasteiger charge is -2.51. The summed E-state index contributed by atoms with van der Waals surface area (Å²) in [4.78, 5) is 0. The Morgan fingerprint density at radius 3 is 2.52 bits per heavy atom. The van der Waals surface area contributed by atoms with Crippen LogP contribution in [0.4, 0.5) is 0 Å². The first kappa shape index (κ1) is 18.1. The fourth-order valence-electron chi connectivity index (χ4n) is 4.58. The molecule has 142 valence electrons. The van der Waals surface area contributed by atoms with Crippen LogP contribution in [0.3, 0.4) is 0 Å². The Balaban J connectivity index is 1.89. The number of hydrogen-bond acceptors (Lipinski definition) is 3. The highest BCUT2D eigenvalue weighted by molar-refractivity contribution is 7.80. The predicted octanol–water partition coefficient (Wildman–Crippen LogP) is 4.27. The summed E-state index contributed by atoms with van der Waals surface area (Å²) in [5.41, 5.74) is 3.65. The fourth-order valence-corrected chi connectivity index (χ4v) is 5.04. The molecule has 0 saturated carbocycles. The van der Waals surface area contributed by atoms with Crippen LogP contribution in [0, 0.1) is 13.8 Å². The van der Waals surface area contributed by atoms with Gasteiger partial charge < -0.3 is 20.5 Å². The van der Waals surface area contributed by atoms with Crippen molar-refractivity contribution in [3.8, 4) is 11.5 Å².